The van der Waals surface area contributed by atoms with E-state index in [0.29, 0.717) is 11.3 Å². The quantitative estimate of drug-likeness (QED) is 0.426. The Kier molecular flexibility index (Phi) is 6.04. The molecular formula is C18H14BrN3O3S2. The van der Waals surface area contributed by atoms with E-state index in [1.54, 1.807) is 11.4 Å². The van der Waals surface area contributed by atoms with Crippen LogP contribution in [0.2, 0.25) is 0 Å². The summed E-state index contributed by atoms with van der Waals surface area (Å²) in [6, 6.07) is 16.8. The number of nitrogens with zero attached hydrogens (tertiary/aromatic N) is 1. The van der Waals surface area contributed by atoms with E-state index in [0.717, 1.165) is 21.4 Å². The molecule has 138 valence electrons. The van der Waals surface area contributed by atoms with Gasteiger partial charge in [-0.2, -0.15) is 5.10 Å². The van der Waals surface area contributed by atoms with E-state index in [9.17, 15) is 13.2 Å². The Hall–Kier alpha value is -2.49. The van der Waals surface area contributed by atoms with Crippen LogP contribution in [-0.2, 0) is 10.0 Å². The summed E-state index contributed by atoms with van der Waals surface area (Å²) in [6.07, 6.45) is 1.53. The van der Waals surface area contributed by atoms with Gasteiger partial charge in [-0.3, -0.25) is 9.52 Å². The average Bonchev–Trinajstić information content (AvgIpc) is 3.19. The lowest BCUT2D eigenvalue weighted by Crippen LogP contribution is -2.17. The molecule has 0 fully saturated rings. The van der Waals surface area contributed by atoms with Gasteiger partial charge < -0.3 is 0 Å². The summed E-state index contributed by atoms with van der Waals surface area (Å²) in [6.45, 7) is 0. The number of nitrogens with one attached hydrogen (secondary N) is 2. The van der Waals surface area contributed by atoms with Gasteiger partial charge in [-0.25, -0.2) is 13.8 Å². The third-order valence-corrected chi connectivity index (χ3v) is 6.94. The third kappa shape index (κ3) is 5.03. The van der Waals surface area contributed by atoms with Gasteiger partial charge in [-0.15, -0.1) is 11.3 Å². The first-order chi connectivity index (χ1) is 13.0. The largest absolute Gasteiger partial charge is 0.279 e. The lowest BCUT2D eigenvalue weighted by Gasteiger charge is -2.07. The van der Waals surface area contributed by atoms with Crippen LogP contribution in [0, 0.1) is 0 Å². The molecule has 0 saturated heterocycles. The zero-order valence-electron chi connectivity index (χ0n) is 13.8. The Labute approximate surface area is 169 Å². The number of thiophene rings is 1. The van der Waals surface area contributed by atoms with Crippen molar-refractivity contribution in [2.75, 3.05) is 4.72 Å². The van der Waals surface area contributed by atoms with Crippen molar-refractivity contribution in [2.24, 2.45) is 5.10 Å². The maximum atomic E-state index is 12.2. The molecule has 2 aromatic carbocycles. The average molecular weight is 464 g/mol. The molecular weight excluding hydrogens is 450 g/mol. The summed E-state index contributed by atoms with van der Waals surface area (Å²) in [5.74, 6) is -0.397. The summed E-state index contributed by atoms with van der Waals surface area (Å²) in [4.78, 5) is 12.1. The maximum absolute atomic E-state index is 12.2. The van der Waals surface area contributed by atoms with Crippen molar-refractivity contribution in [2.45, 2.75) is 4.21 Å². The summed E-state index contributed by atoms with van der Waals surface area (Å²) in [7, 11) is -3.61. The van der Waals surface area contributed by atoms with Crippen LogP contribution in [0.3, 0.4) is 0 Å². The molecule has 0 spiro atoms. The Balaban J connectivity index is 1.63. The van der Waals surface area contributed by atoms with Crippen LogP contribution in [0.5, 0.6) is 0 Å². The Morgan fingerprint density at radius 3 is 2.44 bits per heavy atom. The minimum Gasteiger partial charge on any atom is -0.279 e. The van der Waals surface area contributed by atoms with E-state index in [-0.39, 0.29) is 4.21 Å². The number of hydrazone groups is 1. The molecule has 0 unspecified atom stereocenters. The number of sulfonamides is 1. The summed E-state index contributed by atoms with van der Waals surface area (Å²) < 4.78 is 27.9. The number of benzene rings is 2. The molecule has 0 radical (unpaired) electrons. The molecule has 3 rings (SSSR count). The Morgan fingerprint density at radius 1 is 1.04 bits per heavy atom. The molecule has 0 aliphatic rings. The van der Waals surface area contributed by atoms with Crippen LogP contribution in [0.25, 0.3) is 0 Å². The van der Waals surface area contributed by atoms with Crippen LogP contribution < -0.4 is 10.1 Å². The van der Waals surface area contributed by atoms with Crippen molar-refractivity contribution in [3.8, 4) is 0 Å². The first-order valence-corrected chi connectivity index (χ1v) is 10.9. The SMILES string of the molecule is O=C(N/N=C/c1ccccc1Br)c1ccc(NS(=O)(=O)c2cccs2)cc1. The number of anilines is 1. The van der Waals surface area contributed by atoms with Gasteiger partial charge in [0.25, 0.3) is 15.9 Å². The molecule has 27 heavy (non-hydrogen) atoms. The summed E-state index contributed by atoms with van der Waals surface area (Å²) in [5, 5.41) is 5.62. The highest BCUT2D eigenvalue weighted by Crippen LogP contribution is 2.20. The molecule has 9 heteroatoms. The fourth-order valence-corrected chi connectivity index (χ4v) is 4.55. The van der Waals surface area contributed by atoms with Crippen LogP contribution in [-0.4, -0.2) is 20.5 Å². The lowest BCUT2D eigenvalue weighted by atomic mass is 10.2. The highest BCUT2D eigenvalue weighted by molar-refractivity contribution is 9.10. The monoisotopic (exact) mass is 463 g/mol. The van der Waals surface area contributed by atoms with Gasteiger partial charge in [0, 0.05) is 21.3 Å². The van der Waals surface area contributed by atoms with Crippen LogP contribution >= 0.6 is 27.3 Å². The number of hydrogen-bond donors (Lipinski definition) is 2. The van der Waals surface area contributed by atoms with E-state index in [2.05, 4.69) is 31.2 Å². The number of hydrogen-bond acceptors (Lipinski definition) is 5. The summed E-state index contributed by atoms with van der Waals surface area (Å²) in [5.41, 5.74) is 4.00. The fourth-order valence-electron chi connectivity index (χ4n) is 2.12. The molecule has 1 aromatic heterocycles. The van der Waals surface area contributed by atoms with Gasteiger partial charge in [-0.05, 0) is 41.8 Å². The molecule has 3 aromatic rings. The van der Waals surface area contributed by atoms with E-state index in [1.165, 1.54) is 36.5 Å². The van der Waals surface area contributed by atoms with Crippen LogP contribution in [0.15, 0.2) is 79.8 Å². The molecule has 0 aliphatic carbocycles. The summed E-state index contributed by atoms with van der Waals surface area (Å²) >= 11 is 4.53. The fraction of sp³-hybridized carbons (Fsp3) is 0. The van der Waals surface area contributed by atoms with Gasteiger partial charge in [0.2, 0.25) is 0 Å². The van der Waals surface area contributed by atoms with Gasteiger partial charge in [0.15, 0.2) is 0 Å². The van der Waals surface area contributed by atoms with Crippen molar-refractivity contribution < 1.29 is 13.2 Å². The zero-order valence-corrected chi connectivity index (χ0v) is 17.0. The molecule has 1 amide bonds. The maximum Gasteiger partial charge on any atom is 0.271 e. The van der Waals surface area contributed by atoms with Crippen molar-refractivity contribution in [1.29, 1.82) is 0 Å². The Morgan fingerprint density at radius 2 is 1.78 bits per heavy atom. The molecule has 0 atom stereocenters. The number of carbonyl (C=O) groups excluding carboxylic acids is 1. The number of amides is 1. The molecule has 0 aliphatic heterocycles. The van der Waals surface area contributed by atoms with Crippen molar-refractivity contribution in [3.05, 3.63) is 81.6 Å². The van der Waals surface area contributed by atoms with E-state index in [1.807, 2.05) is 24.3 Å². The van der Waals surface area contributed by atoms with Gasteiger partial charge >= 0.3 is 0 Å². The molecule has 0 saturated carbocycles. The number of rotatable bonds is 6. The normalized spacial score (nSPS) is 11.4. The van der Waals surface area contributed by atoms with E-state index >= 15 is 0 Å². The first kappa shape index (κ1) is 19.3. The number of halogens is 1. The second kappa shape index (κ2) is 8.47. The highest BCUT2D eigenvalue weighted by Gasteiger charge is 2.15. The van der Waals surface area contributed by atoms with Gasteiger partial charge in [-0.1, -0.05) is 40.2 Å². The minimum absolute atomic E-state index is 0.228. The van der Waals surface area contributed by atoms with Gasteiger partial charge in [0.05, 0.1) is 6.21 Å². The lowest BCUT2D eigenvalue weighted by molar-refractivity contribution is 0.0955. The predicted molar refractivity (Wildman–Crippen MR) is 111 cm³/mol. The third-order valence-electron chi connectivity index (χ3n) is 3.43. The second-order valence-corrected chi connectivity index (χ2v) is 9.05. The predicted octanol–water partition coefficient (Wildman–Crippen LogP) is 4.08. The first-order valence-electron chi connectivity index (χ1n) is 7.70. The molecule has 0 bridgehead atoms. The molecule has 2 N–H and O–H groups in total. The van der Waals surface area contributed by atoms with Crippen molar-refractivity contribution in [1.82, 2.24) is 5.43 Å². The smallest absolute Gasteiger partial charge is 0.271 e. The van der Waals surface area contributed by atoms with Crippen LogP contribution in [0.4, 0.5) is 5.69 Å². The zero-order chi connectivity index (χ0) is 19.3. The second-order valence-electron chi connectivity index (χ2n) is 5.34. The highest BCUT2D eigenvalue weighted by atomic mass is 79.9. The van der Waals surface area contributed by atoms with E-state index < -0.39 is 15.9 Å². The standard InChI is InChI=1S/C18H14BrN3O3S2/c19-16-5-2-1-4-14(16)12-20-21-18(23)13-7-9-15(10-8-13)22-27(24,25)17-6-3-11-26-17/h1-12,22H,(H,21,23)/b20-12+. The topological polar surface area (TPSA) is 87.6 Å². The van der Waals surface area contributed by atoms with E-state index in [4.69, 9.17) is 0 Å². The van der Waals surface area contributed by atoms with Crippen molar-refractivity contribution in [3.63, 3.8) is 0 Å². The Bertz CT molecular complexity index is 1060. The van der Waals surface area contributed by atoms with Gasteiger partial charge in [0.1, 0.15) is 4.21 Å². The molecule has 1 heterocycles. The number of carbonyl (C=O) groups is 1. The minimum atomic E-state index is -3.61. The molecule has 6 nitrogen and oxygen atoms in total. The van der Waals surface area contributed by atoms with Crippen molar-refractivity contribution >= 4 is 55.1 Å². The van der Waals surface area contributed by atoms with Crippen LogP contribution in [0.1, 0.15) is 15.9 Å².